The van der Waals surface area contributed by atoms with Gasteiger partial charge in [0.2, 0.25) is 0 Å². The zero-order valence-corrected chi connectivity index (χ0v) is 23.4. The average Bonchev–Trinajstić information content (AvgIpc) is 2.84. The molecule has 0 spiro atoms. The Morgan fingerprint density at radius 1 is 0.629 bits per heavy atom. The van der Waals surface area contributed by atoms with E-state index in [0.29, 0.717) is 13.0 Å². The second-order valence-electron chi connectivity index (χ2n) is 10.3. The molecule has 35 heavy (non-hydrogen) atoms. The Bertz CT molecular complexity index is 500. The van der Waals surface area contributed by atoms with E-state index in [0.717, 1.165) is 12.8 Å². The molecular weight excluding hydrogens is 436 g/mol. The first-order chi connectivity index (χ1) is 17.1. The van der Waals surface area contributed by atoms with E-state index >= 15 is 0 Å². The minimum atomic E-state index is -0.948. The van der Waals surface area contributed by atoms with Crippen molar-refractivity contribution >= 4 is 11.9 Å². The first-order valence-corrected chi connectivity index (χ1v) is 15.1. The molecule has 0 rings (SSSR count). The summed E-state index contributed by atoms with van der Waals surface area (Å²) in [7, 11) is 0. The van der Waals surface area contributed by atoms with Gasteiger partial charge in [-0.2, -0.15) is 0 Å². The van der Waals surface area contributed by atoms with Crippen LogP contribution in [0.25, 0.3) is 0 Å². The number of hydrogen-bond donors (Lipinski definition) is 1. The number of carbonyl (C=O) groups excluding carboxylic acids is 1. The Balaban J connectivity index is 3.43. The van der Waals surface area contributed by atoms with Crippen LogP contribution in [0, 0.1) is 5.92 Å². The van der Waals surface area contributed by atoms with Crippen molar-refractivity contribution in [2.45, 2.75) is 162 Å². The van der Waals surface area contributed by atoms with Gasteiger partial charge >= 0.3 is 11.9 Å². The van der Waals surface area contributed by atoms with Crippen molar-refractivity contribution in [2.75, 3.05) is 6.61 Å². The summed E-state index contributed by atoms with van der Waals surface area (Å²) in [5.74, 6) is -1.90. The molecule has 0 saturated carbocycles. The van der Waals surface area contributed by atoms with Crippen LogP contribution in [0.3, 0.4) is 0 Å². The van der Waals surface area contributed by atoms with Crippen LogP contribution in [0.5, 0.6) is 0 Å². The van der Waals surface area contributed by atoms with Gasteiger partial charge in [0.1, 0.15) is 0 Å². The van der Waals surface area contributed by atoms with Gasteiger partial charge in [0.05, 0.1) is 18.9 Å². The van der Waals surface area contributed by atoms with Crippen LogP contribution in [0.4, 0.5) is 0 Å². The van der Waals surface area contributed by atoms with Gasteiger partial charge in [-0.25, -0.2) is 0 Å². The van der Waals surface area contributed by atoms with E-state index in [1.807, 2.05) is 13.0 Å². The number of esters is 1. The first kappa shape index (κ1) is 33.7. The largest absolute Gasteiger partial charge is 0.481 e. The van der Waals surface area contributed by atoms with Crippen LogP contribution in [0.2, 0.25) is 0 Å². The number of carboxylic acid groups (broad SMARTS) is 1. The number of hydrogen-bond acceptors (Lipinski definition) is 3. The van der Waals surface area contributed by atoms with Crippen molar-refractivity contribution in [3.05, 3.63) is 12.2 Å². The van der Waals surface area contributed by atoms with E-state index < -0.39 is 11.9 Å². The van der Waals surface area contributed by atoms with Crippen LogP contribution in [-0.4, -0.2) is 23.7 Å². The smallest absolute Gasteiger partial charge is 0.309 e. The maximum atomic E-state index is 12.0. The van der Waals surface area contributed by atoms with Crippen molar-refractivity contribution in [3.63, 3.8) is 0 Å². The second kappa shape index (κ2) is 27.3. The average molecular weight is 495 g/mol. The first-order valence-electron chi connectivity index (χ1n) is 15.1. The highest BCUT2D eigenvalue weighted by Crippen LogP contribution is 2.16. The van der Waals surface area contributed by atoms with Crippen molar-refractivity contribution in [2.24, 2.45) is 5.92 Å². The molecule has 1 unspecified atom stereocenters. The van der Waals surface area contributed by atoms with Crippen LogP contribution < -0.4 is 0 Å². The number of carbonyl (C=O) groups is 2. The molecule has 0 radical (unpaired) electrons. The van der Waals surface area contributed by atoms with E-state index in [2.05, 4.69) is 13.0 Å². The van der Waals surface area contributed by atoms with Gasteiger partial charge in [-0.1, -0.05) is 142 Å². The lowest BCUT2D eigenvalue weighted by molar-refractivity contribution is -0.153. The van der Waals surface area contributed by atoms with E-state index in [1.165, 1.54) is 122 Å². The summed E-state index contributed by atoms with van der Waals surface area (Å²) in [5.41, 5.74) is 0. The van der Waals surface area contributed by atoms with E-state index in [-0.39, 0.29) is 12.4 Å². The SMILES string of the molecule is CCCCCCCCCCCCCCCCCCCCC/C=C/CC(CC(=O)O)C(=O)OCCC. The van der Waals surface area contributed by atoms with Gasteiger partial charge in [0, 0.05) is 0 Å². The molecule has 0 fully saturated rings. The molecule has 4 nitrogen and oxygen atoms in total. The minimum Gasteiger partial charge on any atom is -0.481 e. The van der Waals surface area contributed by atoms with Gasteiger partial charge in [0.25, 0.3) is 0 Å². The lowest BCUT2D eigenvalue weighted by Gasteiger charge is -2.11. The summed E-state index contributed by atoms with van der Waals surface area (Å²) in [6.45, 7) is 4.57. The van der Waals surface area contributed by atoms with E-state index in [1.54, 1.807) is 0 Å². The lowest BCUT2D eigenvalue weighted by atomic mass is 10.0. The van der Waals surface area contributed by atoms with E-state index in [9.17, 15) is 9.59 Å². The van der Waals surface area contributed by atoms with Gasteiger partial charge in [0.15, 0.2) is 0 Å². The minimum absolute atomic E-state index is 0.161. The predicted octanol–water partition coefficient (Wildman–Crippen LogP) is 9.80. The molecule has 0 aromatic rings. The van der Waals surface area contributed by atoms with Gasteiger partial charge in [-0.15, -0.1) is 0 Å². The summed E-state index contributed by atoms with van der Waals surface area (Å²) in [4.78, 5) is 22.9. The highest BCUT2D eigenvalue weighted by molar-refractivity contribution is 5.79. The van der Waals surface area contributed by atoms with Crippen molar-refractivity contribution in [1.29, 1.82) is 0 Å². The molecule has 206 valence electrons. The molecule has 0 saturated heterocycles. The predicted molar refractivity (Wildman–Crippen MR) is 149 cm³/mol. The standard InChI is InChI=1S/C31H58O4/c1-3-5-6-7-8-9-10-11-12-13-14-15-16-17-18-19-20-21-22-23-24-25-26-29(28-30(32)33)31(34)35-27-4-2/h24-25,29H,3-23,26-28H2,1-2H3,(H,32,33)/b25-24+. The number of rotatable bonds is 27. The topological polar surface area (TPSA) is 63.6 Å². The maximum Gasteiger partial charge on any atom is 0.309 e. The third-order valence-corrected chi connectivity index (χ3v) is 6.76. The lowest BCUT2D eigenvalue weighted by Crippen LogP contribution is -2.20. The molecule has 1 atom stereocenters. The molecule has 4 heteroatoms. The summed E-state index contributed by atoms with van der Waals surface area (Å²) >= 11 is 0. The molecule has 0 amide bonds. The Morgan fingerprint density at radius 3 is 1.46 bits per heavy atom. The second-order valence-corrected chi connectivity index (χ2v) is 10.3. The fourth-order valence-electron chi connectivity index (χ4n) is 4.51. The summed E-state index contributed by atoms with van der Waals surface area (Å²) in [6.07, 6.45) is 32.4. The number of carboxylic acids is 1. The molecule has 1 N–H and O–H groups in total. The Kier molecular flexibility index (Phi) is 26.2. The van der Waals surface area contributed by atoms with Crippen LogP contribution >= 0.6 is 0 Å². The van der Waals surface area contributed by atoms with Crippen LogP contribution in [0.15, 0.2) is 12.2 Å². The van der Waals surface area contributed by atoms with Gasteiger partial charge < -0.3 is 9.84 Å². The third-order valence-electron chi connectivity index (χ3n) is 6.76. The third kappa shape index (κ3) is 25.6. The maximum absolute atomic E-state index is 12.0. The number of unbranched alkanes of at least 4 members (excludes halogenated alkanes) is 19. The summed E-state index contributed by atoms with van der Waals surface area (Å²) in [5, 5.41) is 9.00. The molecule has 0 aliphatic carbocycles. The van der Waals surface area contributed by atoms with Gasteiger partial charge in [-0.3, -0.25) is 9.59 Å². The van der Waals surface area contributed by atoms with E-state index in [4.69, 9.17) is 9.84 Å². The zero-order chi connectivity index (χ0) is 25.8. The fraction of sp³-hybridized carbons (Fsp3) is 0.871. The Hall–Kier alpha value is -1.32. The highest BCUT2D eigenvalue weighted by atomic mass is 16.5. The molecule has 0 aliphatic heterocycles. The quantitative estimate of drug-likeness (QED) is 0.0701. The normalized spacial score (nSPS) is 12.3. The Morgan fingerprint density at radius 2 is 1.06 bits per heavy atom. The van der Waals surface area contributed by atoms with Gasteiger partial charge in [-0.05, 0) is 25.7 Å². The number of aliphatic carboxylic acids is 1. The Labute approximate surface area is 217 Å². The zero-order valence-electron chi connectivity index (χ0n) is 23.4. The highest BCUT2D eigenvalue weighted by Gasteiger charge is 2.21. The van der Waals surface area contributed by atoms with Crippen LogP contribution in [-0.2, 0) is 14.3 Å². The molecule has 0 aromatic heterocycles. The summed E-state index contributed by atoms with van der Waals surface area (Å²) in [6, 6.07) is 0. The van der Waals surface area contributed by atoms with Crippen molar-refractivity contribution in [1.82, 2.24) is 0 Å². The van der Waals surface area contributed by atoms with Crippen LogP contribution in [0.1, 0.15) is 162 Å². The molecule has 0 bridgehead atoms. The molecule has 0 heterocycles. The molecule has 0 aliphatic rings. The molecule has 0 aromatic carbocycles. The van der Waals surface area contributed by atoms with Crippen molar-refractivity contribution in [3.8, 4) is 0 Å². The monoisotopic (exact) mass is 494 g/mol. The fourth-order valence-corrected chi connectivity index (χ4v) is 4.51. The number of ether oxygens (including phenoxy) is 1. The number of allylic oxidation sites excluding steroid dienone is 2. The summed E-state index contributed by atoms with van der Waals surface area (Å²) < 4.78 is 5.12. The molecular formula is C31H58O4. The van der Waals surface area contributed by atoms with Crippen molar-refractivity contribution < 1.29 is 19.4 Å².